The third-order valence-electron chi connectivity index (χ3n) is 4.05. The summed E-state index contributed by atoms with van der Waals surface area (Å²) in [5.74, 6) is -0.748. The van der Waals surface area contributed by atoms with E-state index in [9.17, 15) is 14.4 Å². The number of carbonyl (C=O) groups excluding carboxylic acids is 3. The molecule has 0 bridgehead atoms. The summed E-state index contributed by atoms with van der Waals surface area (Å²) < 4.78 is 10.1. The van der Waals surface area contributed by atoms with E-state index in [4.69, 9.17) is 9.47 Å². The van der Waals surface area contributed by atoms with Gasteiger partial charge in [-0.05, 0) is 24.5 Å². The lowest BCUT2D eigenvalue weighted by atomic mass is 9.88. The third kappa shape index (κ3) is 4.69. The highest BCUT2D eigenvalue weighted by Crippen LogP contribution is 2.28. The highest BCUT2D eigenvalue weighted by Gasteiger charge is 2.34. The normalized spacial score (nSPS) is 14.0. The number of benzene rings is 1. The van der Waals surface area contributed by atoms with Gasteiger partial charge >= 0.3 is 0 Å². The maximum absolute atomic E-state index is 12.6. The van der Waals surface area contributed by atoms with Crippen molar-refractivity contribution in [2.75, 3.05) is 14.2 Å². The van der Waals surface area contributed by atoms with E-state index in [0.29, 0.717) is 30.4 Å². The summed E-state index contributed by atoms with van der Waals surface area (Å²) in [6.45, 7) is 5.62. The number of methoxy groups -OCH3 is 2. The van der Waals surface area contributed by atoms with Crippen LogP contribution < -0.4 is 0 Å². The van der Waals surface area contributed by atoms with Crippen molar-refractivity contribution in [1.29, 1.82) is 0 Å². The Morgan fingerprint density at radius 1 is 0.885 bits per heavy atom. The van der Waals surface area contributed by atoms with Crippen LogP contribution in [0.25, 0.3) is 0 Å². The Balaban J connectivity index is 0.00000163. The minimum atomic E-state index is -0.327. The Morgan fingerprint density at radius 2 is 1.38 bits per heavy atom. The summed E-state index contributed by atoms with van der Waals surface area (Å²) in [7, 11) is 2.69. The third-order valence-corrected chi connectivity index (χ3v) is 4.05. The molecular formula is C21H26O5. The highest BCUT2D eigenvalue weighted by molar-refractivity contribution is 6.23. The van der Waals surface area contributed by atoms with E-state index in [2.05, 4.69) is 0 Å². The monoisotopic (exact) mass is 358 g/mol. The molecule has 0 atom stereocenters. The lowest BCUT2D eigenvalue weighted by Crippen LogP contribution is -2.26. The molecule has 1 aromatic rings. The van der Waals surface area contributed by atoms with E-state index < -0.39 is 0 Å². The molecule has 1 aliphatic rings. The number of hydrogen-bond donors (Lipinski definition) is 0. The molecule has 0 heterocycles. The first kappa shape index (κ1) is 21.4. The molecule has 0 aliphatic heterocycles. The number of Topliss-reactive ketones (excluding diaryl/α,β-unsaturated/α-hetero) is 2. The summed E-state index contributed by atoms with van der Waals surface area (Å²) in [5.41, 5.74) is 2.76. The van der Waals surface area contributed by atoms with Gasteiger partial charge < -0.3 is 14.3 Å². The van der Waals surface area contributed by atoms with Crippen LogP contribution in [-0.4, -0.2) is 32.1 Å². The van der Waals surface area contributed by atoms with Crippen molar-refractivity contribution >= 4 is 17.9 Å². The van der Waals surface area contributed by atoms with Gasteiger partial charge in [0.15, 0.2) is 0 Å². The SMILES string of the molecule is CC.COC1=C(OC)C(=O)C(Cc2ccc(CCC=O)cc2)=C(C)C1=O. The highest BCUT2D eigenvalue weighted by atomic mass is 16.5. The van der Waals surface area contributed by atoms with E-state index in [0.717, 1.165) is 17.4 Å². The van der Waals surface area contributed by atoms with Gasteiger partial charge in [-0.25, -0.2) is 0 Å². The van der Waals surface area contributed by atoms with Gasteiger partial charge in [-0.15, -0.1) is 0 Å². The lowest BCUT2D eigenvalue weighted by molar-refractivity contribution is -0.121. The summed E-state index contributed by atoms with van der Waals surface area (Å²) in [6, 6.07) is 7.66. The molecule has 0 saturated carbocycles. The Labute approximate surface area is 154 Å². The zero-order valence-electron chi connectivity index (χ0n) is 16.0. The number of ether oxygens (including phenoxy) is 2. The van der Waals surface area contributed by atoms with Crippen molar-refractivity contribution in [3.63, 3.8) is 0 Å². The molecule has 5 heteroatoms. The summed E-state index contributed by atoms with van der Waals surface area (Å²) >= 11 is 0. The molecule has 2 rings (SSSR count). The average molecular weight is 358 g/mol. The molecule has 0 N–H and O–H groups in total. The number of ketones is 2. The van der Waals surface area contributed by atoms with Crippen molar-refractivity contribution < 1.29 is 23.9 Å². The van der Waals surface area contributed by atoms with E-state index in [1.165, 1.54) is 14.2 Å². The minimum Gasteiger partial charge on any atom is -0.489 e. The van der Waals surface area contributed by atoms with Gasteiger partial charge in [0.05, 0.1) is 14.2 Å². The second-order valence-electron chi connectivity index (χ2n) is 5.53. The van der Waals surface area contributed by atoms with Crippen LogP contribution in [0.3, 0.4) is 0 Å². The standard InChI is InChI=1S/C19H20O5.C2H6/c1-12-15(17(22)19(24-3)18(23-2)16(12)21)11-14-8-6-13(7-9-14)5-4-10-20;1-2/h6-10H,4-5,11H2,1-3H3;1-2H3. The van der Waals surface area contributed by atoms with Gasteiger partial charge in [0.25, 0.3) is 0 Å². The number of carbonyl (C=O) groups is 3. The number of allylic oxidation sites excluding steroid dienone is 2. The van der Waals surface area contributed by atoms with Gasteiger partial charge in [0.2, 0.25) is 23.1 Å². The predicted molar refractivity (Wildman–Crippen MR) is 99.6 cm³/mol. The fourth-order valence-corrected chi connectivity index (χ4v) is 2.66. The molecule has 0 unspecified atom stereocenters. The topological polar surface area (TPSA) is 69.7 Å². The molecule has 140 valence electrons. The maximum atomic E-state index is 12.6. The second kappa shape index (κ2) is 10.3. The molecule has 1 aliphatic carbocycles. The number of rotatable bonds is 7. The lowest BCUT2D eigenvalue weighted by Gasteiger charge is -2.20. The van der Waals surface area contributed by atoms with Crippen LogP contribution in [-0.2, 0) is 36.7 Å². The van der Waals surface area contributed by atoms with E-state index >= 15 is 0 Å². The average Bonchev–Trinajstić information content (AvgIpc) is 2.68. The molecule has 5 nitrogen and oxygen atoms in total. The zero-order chi connectivity index (χ0) is 19.7. The van der Waals surface area contributed by atoms with Crippen molar-refractivity contribution in [2.45, 2.75) is 40.0 Å². The summed E-state index contributed by atoms with van der Waals surface area (Å²) in [5, 5.41) is 0. The molecular weight excluding hydrogens is 332 g/mol. The molecule has 0 saturated heterocycles. The van der Waals surface area contributed by atoms with Crippen molar-refractivity contribution in [2.24, 2.45) is 0 Å². The van der Waals surface area contributed by atoms with Crippen LogP contribution in [0.2, 0.25) is 0 Å². The second-order valence-corrected chi connectivity index (χ2v) is 5.53. The Hall–Kier alpha value is -2.69. The molecule has 0 radical (unpaired) electrons. The molecule has 0 amide bonds. The van der Waals surface area contributed by atoms with E-state index in [-0.39, 0.29) is 23.1 Å². The maximum Gasteiger partial charge on any atom is 0.228 e. The van der Waals surface area contributed by atoms with Gasteiger partial charge in [-0.2, -0.15) is 0 Å². The minimum absolute atomic E-state index is 0.0482. The first-order valence-corrected chi connectivity index (χ1v) is 8.66. The Bertz CT molecular complexity index is 723. The van der Waals surface area contributed by atoms with Crippen LogP contribution in [0.1, 0.15) is 38.3 Å². The van der Waals surface area contributed by atoms with Crippen LogP contribution in [0.4, 0.5) is 0 Å². The van der Waals surface area contributed by atoms with Crippen LogP contribution in [0.15, 0.2) is 46.9 Å². The fraction of sp³-hybridized carbons (Fsp3) is 0.381. The smallest absolute Gasteiger partial charge is 0.228 e. The van der Waals surface area contributed by atoms with Crippen molar-refractivity contribution in [3.05, 3.63) is 58.1 Å². The molecule has 1 aromatic carbocycles. The summed E-state index contributed by atoms with van der Waals surface area (Å²) in [6.07, 6.45) is 2.41. The molecule has 0 spiro atoms. The predicted octanol–water partition coefficient (Wildman–Crippen LogP) is 3.36. The van der Waals surface area contributed by atoms with Crippen molar-refractivity contribution in [3.8, 4) is 0 Å². The zero-order valence-corrected chi connectivity index (χ0v) is 16.0. The first-order chi connectivity index (χ1) is 12.5. The molecule has 0 aromatic heterocycles. The molecule has 0 fully saturated rings. The van der Waals surface area contributed by atoms with Crippen LogP contribution in [0.5, 0.6) is 0 Å². The van der Waals surface area contributed by atoms with Gasteiger partial charge in [0.1, 0.15) is 6.29 Å². The Kier molecular flexibility index (Phi) is 8.49. The number of aldehydes is 1. The van der Waals surface area contributed by atoms with Crippen LogP contribution >= 0.6 is 0 Å². The fourth-order valence-electron chi connectivity index (χ4n) is 2.66. The first-order valence-electron chi connectivity index (χ1n) is 8.66. The Morgan fingerprint density at radius 3 is 1.88 bits per heavy atom. The quantitative estimate of drug-likeness (QED) is 0.552. The van der Waals surface area contributed by atoms with E-state index in [1.807, 2.05) is 38.1 Å². The molecule has 26 heavy (non-hydrogen) atoms. The number of aryl methyl sites for hydroxylation is 1. The number of hydrogen-bond acceptors (Lipinski definition) is 5. The van der Waals surface area contributed by atoms with E-state index in [1.54, 1.807) is 6.92 Å². The summed E-state index contributed by atoms with van der Waals surface area (Å²) in [4.78, 5) is 35.3. The largest absolute Gasteiger partial charge is 0.489 e. The van der Waals surface area contributed by atoms with Crippen LogP contribution in [0, 0.1) is 0 Å². The van der Waals surface area contributed by atoms with Gasteiger partial charge in [-0.1, -0.05) is 38.1 Å². The van der Waals surface area contributed by atoms with Crippen molar-refractivity contribution in [1.82, 2.24) is 0 Å². The van der Waals surface area contributed by atoms with Gasteiger partial charge in [0, 0.05) is 24.0 Å². The van der Waals surface area contributed by atoms with Gasteiger partial charge in [-0.3, -0.25) is 9.59 Å².